The first kappa shape index (κ1) is 36.6. The second-order valence-electron chi connectivity index (χ2n) is 13.8. The summed E-state index contributed by atoms with van der Waals surface area (Å²) in [6.45, 7) is 7.98. The molecule has 0 atom stereocenters. The van der Waals surface area contributed by atoms with E-state index in [1.54, 1.807) is 0 Å². The number of pyridine rings is 1. The van der Waals surface area contributed by atoms with Gasteiger partial charge < -0.3 is 14.4 Å². The van der Waals surface area contributed by atoms with Crippen LogP contribution in [0.1, 0.15) is 109 Å². The van der Waals surface area contributed by atoms with E-state index in [1.165, 1.54) is 72.7 Å². The maximum absolute atomic E-state index is 12.8. The number of anilines is 2. The smallest absolute Gasteiger partial charge is 0.307 e. The third-order valence-corrected chi connectivity index (χ3v) is 10.0. The van der Waals surface area contributed by atoms with Gasteiger partial charge in [-0.1, -0.05) is 108 Å². The van der Waals surface area contributed by atoms with Gasteiger partial charge in [0.2, 0.25) is 11.8 Å². The van der Waals surface area contributed by atoms with Gasteiger partial charge in [0.25, 0.3) is 0 Å². The van der Waals surface area contributed by atoms with Crippen LogP contribution in [0.5, 0.6) is 5.88 Å². The Hall–Kier alpha value is -3.65. The SMILES string of the molecule is CCCCCCCCCCCCCC(=O)OCN1C(=O)CCc2ccc(OCCCCN3CCN(c4cccc5ccccc45)CC3)nc21. The molecule has 0 aliphatic carbocycles. The Balaban J connectivity index is 0.959. The van der Waals surface area contributed by atoms with E-state index in [9.17, 15) is 9.59 Å². The van der Waals surface area contributed by atoms with E-state index in [2.05, 4.69) is 64.2 Å². The molecule has 266 valence electrons. The Morgan fingerprint density at radius 1 is 0.755 bits per heavy atom. The van der Waals surface area contributed by atoms with E-state index < -0.39 is 0 Å². The van der Waals surface area contributed by atoms with E-state index in [-0.39, 0.29) is 18.6 Å². The topological polar surface area (TPSA) is 75.2 Å². The van der Waals surface area contributed by atoms with Crippen LogP contribution in [0.15, 0.2) is 54.6 Å². The molecule has 0 spiro atoms. The monoisotopic (exact) mass is 670 g/mol. The molecule has 8 nitrogen and oxygen atoms in total. The predicted molar refractivity (Wildman–Crippen MR) is 199 cm³/mol. The molecule has 1 amide bonds. The first-order valence-electron chi connectivity index (χ1n) is 19.2. The average molecular weight is 671 g/mol. The molecule has 0 saturated carbocycles. The first-order valence-corrected chi connectivity index (χ1v) is 19.2. The lowest BCUT2D eigenvalue weighted by molar-refractivity contribution is -0.144. The maximum atomic E-state index is 12.8. The number of carbonyl (C=O) groups is 2. The van der Waals surface area contributed by atoms with Crippen molar-refractivity contribution in [1.29, 1.82) is 0 Å². The quantitative estimate of drug-likeness (QED) is 0.0829. The summed E-state index contributed by atoms with van der Waals surface area (Å²) in [5.41, 5.74) is 2.32. The molecule has 1 aromatic heterocycles. The van der Waals surface area contributed by atoms with E-state index in [4.69, 9.17) is 9.47 Å². The minimum absolute atomic E-state index is 0.0693. The van der Waals surface area contributed by atoms with Crippen LogP contribution in [-0.4, -0.2) is 67.8 Å². The number of hydrogen-bond donors (Lipinski definition) is 0. The Morgan fingerprint density at radius 2 is 1.47 bits per heavy atom. The van der Waals surface area contributed by atoms with Gasteiger partial charge in [0, 0.05) is 56.2 Å². The highest BCUT2D eigenvalue weighted by atomic mass is 16.5. The number of esters is 1. The molecule has 1 fully saturated rings. The first-order chi connectivity index (χ1) is 24.1. The van der Waals surface area contributed by atoms with Crippen LogP contribution in [0, 0.1) is 0 Å². The van der Waals surface area contributed by atoms with Gasteiger partial charge >= 0.3 is 5.97 Å². The van der Waals surface area contributed by atoms with Crippen LogP contribution < -0.4 is 14.5 Å². The molecular weight excluding hydrogens is 612 g/mol. The zero-order valence-electron chi connectivity index (χ0n) is 29.9. The Labute approximate surface area is 294 Å². The normalized spacial score (nSPS) is 15.1. The van der Waals surface area contributed by atoms with Gasteiger partial charge in [0.05, 0.1) is 6.61 Å². The summed E-state index contributed by atoms with van der Waals surface area (Å²) in [6.07, 6.45) is 17.0. The average Bonchev–Trinajstić information content (AvgIpc) is 3.13. The highest BCUT2D eigenvalue weighted by Gasteiger charge is 2.27. The number of piperazine rings is 1. The minimum atomic E-state index is -0.252. The summed E-state index contributed by atoms with van der Waals surface area (Å²) in [5, 5.41) is 2.62. The van der Waals surface area contributed by atoms with Gasteiger partial charge in [-0.05, 0) is 55.3 Å². The van der Waals surface area contributed by atoms with Gasteiger partial charge in [0.15, 0.2) is 6.73 Å². The molecule has 5 rings (SSSR count). The molecule has 1 saturated heterocycles. The summed E-state index contributed by atoms with van der Waals surface area (Å²) in [7, 11) is 0. The summed E-state index contributed by atoms with van der Waals surface area (Å²) in [5.74, 6) is 0.744. The fourth-order valence-electron chi connectivity index (χ4n) is 7.05. The van der Waals surface area contributed by atoms with Crippen molar-refractivity contribution in [3.63, 3.8) is 0 Å². The number of aryl methyl sites for hydroxylation is 1. The third kappa shape index (κ3) is 11.4. The number of nitrogens with zero attached hydrogens (tertiary/aromatic N) is 4. The summed E-state index contributed by atoms with van der Waals surface area (Å²) < 4.78 is 11.6. The molecule has 49 heavy (non-hydrogen) atoms. The van der Waals surface area contributed by atoms with Crippen molar-refractivity contribution >= 4 is 34.2 Å². The molecule has 3 heterocycles. The molecule has 2 aromatic carbocycles. The van der Waals surface area contributed by atoms with Gasteiger partial charge in [-0.25, -0.2) is 0 Å². The lowest BCUT2D eigenvalue weighted by atomic mass is 10.1. The number of ether oxygens (including phenoxy) is 2. The van der Waals surface area contributed by atoms with Crippen LogP contribution in [0.3, 0.4) is 0 Å². The van der Waals surface area contributed by atoms with E-state index in [0.29, 0.717) is 37.6 Å². The van der Waals surface area contributed by atoms with Gasteiger partial charge in [-0.3, -0.25) is 19.4 Å². The largest absolute Gasteiger partial charge is 0.478 e. The molecule has 0 unspecified atom stereocenters. The van der Waals surface area contributed by atoms with Crippen LogP contribution >= 0.6 is 0 Å². The van der Waals surface area contributed by atoms with Crippen LogP contribution in [0.2, 0.25) is 0 Å². The fourth-order valence-corrected chi connectivity index (χ4v) is 7.05. The third-order valence-electron chi connectivity index (χ3n) is 10.0. The van der Waals surface area contributed by atoms with E-state index in [1.807, 2.05) is 12.1 Å². The van der Waals surface area contributed by atoms with Gasteiger partial charge in [0.1, 0.15) is 5.82 Å². The molecule has 8 heteroatoms. The number of aromatic nitrogens is 1. The van der Waals surface area contributed by atoms with Gasteiger partial charge in [-0.15, -0.1) is 0 Å². The Bertz CT molecular complexity index is 1450. The van der Waals surface area contributed by atoms with Crippen LogP contribution in [-0.2, 0) is 20.7 Å². The molecule has 3 aromatic rings. The molecule has 2 aliphatic rings. The maximum Gasteiger partial charge on any atom is 0.307 e. The van der Waals surface area contributed by atoms with E-state index >= 15 is 0 Å². The molecule has 0 bridgehead atoms. The van der Waals surface area contributed by atoms with Crippen molar-refractivity contribution in [2.75, 3.05) is 55.9 Å². The summed E-state index contributed by atoms with van der Waals surface area (Å²) in [6, 6.07) is 19.1. The van der Waals surface area contributed by atoms with Crippen LogP contribution in [0.4, 0.5) is 11.5 Å². The van der Waals surface area contributed by atoms with Crippen molar-refractivity contribution < 1.29 is 19.1 Å². The number of fused-ring (bicyclic) bond motifs is 2. The highest BCUT2D eigenvalue weighted by Crippen LogP contribution is 2.29. The summed E-state index contributed by atoms with van der Waals surface area (Å²) in [4.78, 5) is 36.5. The van der Waals surface area contributed by atoms with Crippen molar-refractivity contribution in [2.45, 2.75) is 110 Å². The van der Waals surface area contributed by atoms with Crippen molar-refractivity contribution in [3.8, 4) is 5.88 Å². The standard InChI is InChI=1S/C41H58N4O4/c1-2-3-4-5-6-7-8-9-10-11-12-22-40(47)49-33-45-39(46)26-24-35-23-25-38(42-41(35)45)48-32-16-15-27-43-28-30-44(31-29-43)37-21-17-19-34-18-13-14-20-36(34)37/h13-14,17-21,23,25H,2-12,15-16,22,24,26-33H2,1H3. The van der Waals surface area contributed by atoms with E-state index in [0.717, 1.165) is 70.4 Å². The Kier molecular flexibility index (Phi) is 15.0. The highest BCUT2D eigenvalue weighted by molar-refractivity contribution is 5.95. The Morgan fingerprint density at radius 3 is 2.24 bits per heavy atom. The second kappa shape index (κ2) is 20.1. The lowest BCUT2D eigenvalue weighted by Gasteiger charge is -2.36. The lowest BCUT2D eigenvalue weighted by Crippen LogP contribution is -2.46. The number of amides is 1. The zero-order valence-corrected chi connectivity index (χ0v) is 29.9. The predicted octanol–water partition coefficient (Wildman–Crippen LogP) is 8.70. The number of hydrogen-bond acceptors (Lipinski definition) is 7. The number of rotatable bonds is 21. The molecule has 0 radical (unpaired) electrons. The van der Waals surface area contributed by atoms with Crippen molar-refractivity contribution in [1.82, 2.24) is 9.88 Å². The fraction of sp³-hybridized carbons (Fsp3) is 0.585. The molecule has 2 aliphatic heterocycles. The summed E-state index contributed by atoms with van der Waals surface area (Å²) >= 11 is 0. The van der Waals surface area contributed by atoms with Crippen LogP contribution in [0.25, 0.3) is 10.8 Å². The van der Waals surface area contributed by atoms with Crippen molar-refractivity contribution in [3.05, 3.63) is 60.2 Å². The number of unbranched alkanes of at least 4 members (excludes halogenated alkanes) is 11. The number of benzene rings is 2. The molecule has 0 N–H and O–H groups in total. The zero-order chi connectivity index (χ0) is 34.1. The van der Waals surface area contributed by atoms with Crippen molar-refractivity contribution in [2.24, 2.45) is 0 Å². The molecular formula is C41H58N4O4. The number of carbonyl (C=O) groups excluding carboxylic acids is 2. The second-order valence-corrected chi connectivity index (χ2v) is 13.8. The van der Waals surface area contributed by atoms with Gasteiger partial charge in [-0.2, -0.15) is 4.98 Å². The minimum Gasteiger partial charge on any atom is -0.478 e.